The molecule has 0 amide bonds. The summed E-state index contributed by atoms with van der Waals surface area (Å²) in [5, 5.41) is 13.6. The number of cyclic esters (lactones) is 1. The Morgan fingerprint density at radius 2 is 1.38 bits per heavy atom. The molecule has 1 aromatic rings. The number of pyridine rings is 1. The topological polar surface area (TPSA) is 279 Å². The molecule has 64 heavy (non-hydrogen) atoms. The van der Waals surface area contributed by atoms with E-state index in [1.165, 1.54) is 52.2 Å². The van der Waals surface area contributed by atoms with Gasteiger partial charge in [-0.1, -0.05) is 6.08 Å². The number of fused-ring (bicyclic) bond motifs is 5. The number of esters is 9. The van der Waals surface area contributed by atoms with Gasteiger partial charge in [0.05, 0.1) is 11.5 Å². The first-order chi connectivity index (χ1) is 29.7. The van der Waals surface area contributed by atoms with E-state index in [2.05, 4.69) is 4.98 Å². The number of carbonyl (C=O) groups excluding carboxylic acids is 9. The van der Waals surface area contributed by atoms with Crippen LogP contribution in [0.4, 0.5) is 0 Å². The Morgan fingerprint density at radius 3 is 1.92 bits per heavy atom. The zero-order chi connectivity index (χ0) is 47.9. The Bertz CT molecular complexity index is 2150. The summed E-state index contributed by atoms with van der Waals surface area (Å²) in [5.41, 5.74) is -12.9. The van der Waals surface area contributed by atoms with Crippen molar-refractivity contribution in [2.24, 2.45) is 11.3 Å². The summed E-state index contributed by atoms with van der Waals surface area (Å²) in [6.07, 6.45) is -9.38. The number of rotatable bonds is 9. The largest absolute Gasteiger partial charge is 0.465 e. The summed E-state index contributed by atoms with van der Waals surface area (Å²) >= 11 is 0. The Morgan fingerprint density at radius 1 is 0.797 bits per heavy atom. The molecule has 2 aliphatic heterocycles. The number of hydrogen-bond donors (Lipinski definition) is 1. The first-order valence-electron chi connectivity index (χ1n) is 20.3. The summed E-state index contributed by atoms with van der Waals surface area (Å²) in [6, 6.07) is 1.45. The number of nitrogens with zero attached hydrogens (tertiary/aromatic N) is 1. The fourth-order valence-corrected chi connectivity index (χ4v) is 9.72. The van der Waals surface area contributed by atoms with E-state index < -0.39 is 137 Å². The lowest BCUT2D eigenvalue weighted by Crippen LogP contribution is -2.89. The average molecular weight is 904 g/mol. The van der Waals surface area contributed by atoms with E-state index in [9.17, 15) is 48.3 Å². The van der Waals surface area contributed by atoms with Crippen molar-refractivity contribution in [2.45, 2.75) is 148 Å². The molecule has 3 heterocycles. The smallest absolute Gasteiger partial charge is 0.350 e. The zero-order valence-electron chi connectivity index (χ0n) is 37.3. The molecule has 1 aromatic heterocycles. The molecule has 0 aromatic carbocycles. The average Bonchev–Trinajstić information content (AvgIpc) is 3.41. The van der Waals surface area contributed by atoms with Gasteiger partial charge in [0.1, 0.15) is 42.0 Å². The molecule has 3 fully saturated rings. The second kappa shape index (κ2) is 17.9. The fourth-order valence-electron chi connectivity index (χ4n) is 9.72. The van der Waals surface area contributed by atoms with Gasteiger partial charge in [0.15, 0.2) is 30.0 Å². The van der Waals surface area contributed by atoms with Gasteiger partial charge in [-0.05, 0) is 52.7 Å². The first kappa shape index (κ1) is 49.1. The van der Waals surface area contributed by atoms with Gasteiger partial charge in [0, 0.05) is 65.9 Å². The maximum Gasteiger partial charge on any atom is 0.350 e. The van der Waals surface area contributed by atoms with E-state index in [0.717, 1.165) is 48.5 Å². The highest BCUT2D eigenvalue weighted by Crippen LogP contribution is 2.70. The summed E-state index contributed by atoms with van der Waals surface area (Å²) < 4.78 is 60.6. The number of carbonyl (C=O) groups is 9. The highest BCUT2D eigenvalue weighted by atomic mass is 16.7. The van der Waals surface area contributed by atoms with Gasteiger partial charge < -0.3 is 52.5 Å². The van der Waals surface area contributed by atoms with Gasteiger partial charge in [-0.2, -0.15) is 0 Å². The maximum atomic E-state index is 14.8. The molecule has 21 heteroatoms. The van der Waals surface area contributed by atoms with Crippen molar-refractivity contribution in [1.29, 1.82) is 0 Å². The predicted molar refractivity (Wildman–Crippen MR) is 210 cm³/mol. The van der Waals surface area contributed by atoms with Gasteiger partial charge in [0.2, 0.25) is 5.60 Å². The molecule has 12 atom stereocenters. The van der Waals surface area contributed by atoms with Gasteiger partial charge in [-0.3, -0.25) is 33.8 Å². The standard InChI is InChI=1S/C43H53NO20/c1-12-20(2)36(51)61-30-29-32(58-23(5)47)43-41(11,54)33(31(57-22(4)46)35(60-25(7)49)42(43,19-55-21(3)45)34(30)59-24(6)48)62-38(53)39(9,63-26(8)50)15-13-27-14-16-44-17-28(27)37(52)56-18-40(29,10)64-43/h12,14,16-17,29-35,54H,13,15,18-19H2,1-11H3/b20-12+/t29-,30+,31+,32-,33+,34-,35+,39-,40+,41+,42-,43+/m1/s1. The monoisotopic (exact) mass is 903 g/mol. The Hall–Kier alpha value is -5.96. The quantitative estimate of drug-likeness (QED) is 0.209. The van der Waals surface area contributed by atoms with Crippen LogP contribution in [0.1, 0.15) is 98.5 Å². The molecule has 0 unspecified atom stereocenters. The number of aryl methyl sites for hydroxylation is 1. The highest BCUT2D eigenvalue weighted by molar-refractivity contribution is 5.91. The van der Waals surface area contributed by atoms with Crippen molar-refractivity contribution in [3.8, 4) is 0 Å². The molecule has 1 saturated heterocycles. The molecule has 350 valence electrons. The molecule has 21 nitrogen and oxygen atoms in total. The van der Waals surface area contributed by atoms with Crippen molar-refractivity contribution in [2.75, 3.05) is 13.2 Å². The Labute approximate surface area is 367 Å². The third-order valence-corrected chi connectivity index (χ3v) is 12.3. The van der Waals surface area contributed by atoms with Crippen molar-refractivity contribution in [3.05, 3.63) is 41.2 Å². The molecule has 2 aliphatic carbocycles. The molecule has 5 rings (SSSR count). The highest BCUT2D eigenvalue weighted by Gasteiger charge is 2.92. The number of aromatic nitrogens is 1. The minimum atomic E-state index is -2.99. The summed E-state index contributed by atoms with van der Waals surface area (Å²) in [6.45, 7) is 10.3. The molecule has 1 N–H and O–H groups in total. The van der Waals surface area contributed by atoms with E-state index in [1.54, 1.807) is 0 Å². The normalized spacial score (nSPS) is 35.7. The lowest BCUT2D eigenvalue weighted by atomic mass is 9.45. The van der Waals surface area contributed by atoms with Crippen molar-refractivity contribution < 1.29 is 95.6 Å². The maximum absolute atomic E-state index is 14.8. The van der Waals surface area contributed by atoms with E-state index >= 15 is 0 Å². The van der Waals surface area contributed by atoms with E-state index in [1.807, 2.05) is 0 Å². The molecule has 0 radical (unpaired) electrons. The first-order valence-corrected chi connectivity index (χ1v) is 20.3. The summed E-state index contributed by atoms with van der Waals surface area (Å²) in [4.78, 5) is 126. The number of ether oxygens (including phenoxy) is 10. The van der Waals surface area contributed by atoms with Crippen molar-refractivity contribution in [1.82, 2.24) is 4.98 Å². The van der Waals surface area contributed by atoms with Crippen LogP contribution in [-0.4, -0.2) is 136 Å². The van der Waals surface area contributed by atoms with Crippen LogP contribution in [0.2, 0.25) is 0 Å². The lowest BCUT2D eigenvalue weighted by Gasteiger charge is -2.67. The van der Waals surface area contributed by atoms with E-state index in [-0.39, 0.29) is 29.5 Å². The predicted octanol–water partition coefficient (Wildman–Crippen LogP) is 1.49. The lowest BCUT2D eigenvalue weighted by molar-refractivity contribution is -0.387. The summed E-state index contributed by atoms with van der Waals surface area (Å²) in [5.74, 6) is -11.5. The minimum absolute atomic E-state index is 0.00913. The number of hydrogen-bond acceptors (Lipinski definition) is 21. The molecule has 2 saturated carbocycles. The van der Waals surface area contributed by atoms with Gasteiger partial charge >= 0.3 is 53.7 Å². The van der Waals surface area contributed by atoms with Crippen LogP contribution in [0.15, 0.2) is 30.1 Å². The number of allylic oxidation sites excluding steroid dienone is 1. The minimum Gasteiger partial charge on any atom is -0.465 e. The zero-order valence-corrected chi connectivity index (χ0v) is 37.3. The molecular weight excluding hydrogens is 850 g/mol. The van der Waals surface area contributed by atoms with Crippen LogP contribution in [0.3, 0.4) is 0 Å². The summed E-state index contributed by atoms with van der Waals surface area (Å²) in [7, 11) is 0. The van der Waals surface area contributed by atoms with Crippen LogP contribution in [0.25, 0.3) is 0 Å². The number of aliphatic hydroxyl groups is 1. The molecule has 4 aliphatic rings. The third kappa shape index (κ3) is 8.41. The van der Waals surface area contributed by atoms with Crippen LogP contribution in [0, 0.1) is 11.3 Å². The Kier molecular flexibility index (Phi) is 13.7. The van der Waals surface area contributed by atoms with E-state index in [4.69, 9.17) is 47.4 Å². The second-order valence-electron chi connectivity index (χ2n) is 16.9. The Balaban J connectivity index is 2.04. The van der Waals surface area contributed by atoms with Crippen LogP contribution < -0.4 is 0 Å². The van der Waals surface area contributed by atoms with Gasteiger partial charge in [-0.15, -0.1) is 0 Å². The van der Waals surface area contributed by atoms with E-state index in [0.29, 0.717) is 0 Å². The second-order valence-corrected chi connectivity index (χ2v) is 16.9. The van der Waals surface area contributed by atoms with Gasteiger partial charge in [0.25, 0.3) is 0 Å². The van der Waals surface area contributed by atoms with Gasteiger partial charge in [-0.25, -0.2) is 14.4 Å². The van der Waals surface area contributed by atoms with Crippen molar-refractivity contribution >= 4 is 53.7 Å². The molecule has 4 bridgehead atoms. The van der Waals surface area contributed by atoms with Crippen LogP contribution in [-0.2, 0) is 92.1 Å². The molecular formula is C43H53NO20. The van der Waals surface area contributed by atoms with Crippen molar-refractivity contribution in [3.63, 3.8) is 0 Å². The molecule has 1 spiro atoms. The third-order valence-electron chi connectivity index (χ3n) is 12.3. The van der Waals surface area contributed by atoms with Crippen LogP contribution >= 0.6 is 0 Å². The SMILES string of the molecule is C/C=C(\C)C(=O)O[C@H]1[C@@H]2[C@@H](OC(C)=O)[C@@]34O[C@@]2(C)COC(=O)c2cnccc2CC[C@@](C)(OC(C)=O)C(=O)O[C@@H]([C@H](OC(C)=O)[C@H](OC(C)=O)[C@@]3(COC(C)=O)[C@@H]1OC(C)=O)[C@]4(C)O. The fraction of sp³-hybridized carbons (Fsp3) is 0.628. The van der Waals surface area contributed by atoms with Crippen LogP contribution in [0.5, 0.6) is 0 Å².